The Kier molecular flexibility index (Phi) is 18.6. The minimum absolute atomic E-state index is 0.714. The van der Waals surface area contributed by atoms with Crippen molar-refractivity contribution in [2.24, 2.45) is 0 Å². The quantitative estimate of drug-likeness (QED) is 0.202. The Labute approximate surface area is 148 Å². The lowest BCUT2D eigenvalue weighted by Gasteiger charge is -2.22. The summed E-state index contributed by atoms with van der Waals surface area (Å²) < 4.78 is 11.3. The van der Waals surface area contributed by atoms with Gasteiger partial charge in [-0.2, -0.15) is 0 Å². The van der Waals surface area contributed by atoms with Crippen molar-refractivity contribution in [2.75, 3.05) is 14.2 Å². The number of rotatable bonds is 18. The SMILES string of the molecule is CCCCCCCCCCCC(CCCCCC)[SiH](OC)OC. The summed E-state index contributed by atoms with van der Waals surface area (Å²) in [6.45, 7) is 4.57. The highest BCUT2D eigenvalue weighted by atomic mass is 28.3. The normalized spacial score (nSPS) is 12.9. The van der Waals surface area contributed by atoms with Crippen molar-refractivity contribution in [1.82, 2.24) is 0 Å². The molecule has 0 radical (unpaired) electrons. The fourth-order valence-corrected chi connectivity index (χ4v) is 5.43. The molecular formula is C20H44O2Si. The van der Waals surface area contributed by atoms with Gasteiger partial charge < -0.3 is 8.85 Å². The van der Waals surface area contributed by atoms with Crippen LogP contribution in [0.2, 0.25) is 5.54 Å². The zero-order valence-electron chi connectivity index (χ0n) is 16.6. The first-order valence-corrected chi connectivity index (χ1v) is 12.0. The molecule has 0 aromatic heterocycles. The maximum absolute atomic E-state index is 5.67. The van der Waals surface area contributed by atoms with Gasteiger partial charge in [0, 0.05) is 14.2 Å². The van der Waals surface area contributed by atoms with E-state index >= 15 is 0 Å². The van der Waals surface area contributed by atoms with E-state index in [0.717, 1.165) is 0 Å². The van der Waals surface area contributed by atoms with Crippen LogP contribution in [0.3, 0.4) is 0 Å². The van der Waals surface area contributed by atoms with Gasteiger partial charge in [-0.3, -0.25) is 0 Å². The van der Waals surface area contributed by atoms with Gasteiger partial charge in [-0.25, -0.2) is 0 Å². The van der Waals surface area contributed by atoms with Gasteiger partial charge in [0.2, 0.25) is 0 Å². The molecule has 2 nitrogen and oxygen atoms in total. The van der Waals surface area contributed by atoms with Gasteiger partial charge in [0.1, 0.15) is 0 Å². The van der Waals surface area contributed by atoms with Crippen molar-refractivity contribution in [3.63, 3.8) is 0 Å². The van der Waals surface area contributed by atoms with Crippen LogP contribution in [0.4, 0.5) is 0 Å². The third-order valence-electron chi connectivity index (χ3n) is 4.96. The van der Waals surface area contributed by atoms with Crippen LogP contribution in [-0.2, 0) is 8.85 Å². The summed E-state index contributed by atoms with van der Waals surface area (Å²) in [6, 6.07) is 0. The molecule has 0 heterocycles. The molecule has 0 fully saturated rings. The highest BCUT2D eigenvalue weighted by molar-refractivity contribution is 6.46. The summed E-state index contributed by atoms with van der Waals surface area (Å²) in [5.41, 5.74) is 0.714. The van der Waals surface area contributed by atoms with Crippen LogP contribution in [0.1, 0.15) is 110 Å². The predicted octanol–water partition coefficient (Wildman–Crippen LogP) is 6.76. The molecule has 0 aliphatic heterocycles. The summed E-state index contributed by atoms with van der Waals surface area (Å²) >= 11 is 0. The van der Waals surface area contributed by atoms with Gasteiger partial charge in [0.15, 0.2) is 0 Å². The third-order valence-corrected chi connectivity index (χ3v) is 7.32. The van der Waals surface area contributed by atoms with Crippen molar-refractivity contribution >= 4 is 9.28 Å². The molecule has 0 amide bonds. The summed E-state index contributed by atoms with van der Waals surface area (Å²) in [5, 5.41) is 0. The Balaban J connectivity index is 3.73. The zero-order chi connectivity index (χ0) is 17.2. The van der Waals surface area contributed by atoms with E-state index in [-0.39, 0.29) is 0 Å². The molecule has 0 N–H and O–H groups in total. The van der Waals surface area contributed by atoms with E-state index in [9.17, 15) is 0 Å². The largest absolute Gasteiger partial charge is 0.400 e. The van der Waals surface area contributed by atoms with E-state index in [2.05, 4.69) is 13.8 Å². The number of unbranched alkanes of at least 4 members (excludes halogenated alkanes) is 11. The second-order valence-corrected chi connectivity index (χ2v) is 9.69. The topological polar surface area (TPSA) is 18.5 Å². The Hall–Kier alpha value is 0.137. The molecule has 23 heavy (non-hydrogen) atoms. The lowest BCUT2D eigenvalue weighted by Crippen LogP contribution is -2.26. The van der Waals surface area contributed by atoms with Crippen LogP contribution in [0.15, 0.2) is 0 Å². The minimum Gasteiger partial charge on any atom is -0.400 e. The van der Waals surface area contributed by atoms with E-state index in [1.165, 1.54) is 96.3 Å². The first-order chi connectivity index (χ1) is 11.3. The third kappa shape index (κ3) is 14.2. The molecule has 0 aliphatic carbocycles. The van der Waals surface area contributed by atoms with Gasteiger partial charge in [-0.15, -0.1) is 0 Å². The highest BCUT2D eigenvalue weighted by Gasteiger charge is 2.23. The predicted molar refractivity (Wildman–Crippen MR) is 106 cm³/mol. The Morgan fingerprint density at radius 1 is 0.565 bits per heavy atom. The molecule has 0 rings (SSSR count). The highest BCUT2D eigenvalue weighted by Crippen LogP contribution is 2.27. The zero-order valence-corrected chi connectivity index (χ0v) is 17.7. The van der Waals surface area contributed by atoms with Crippen molar-refractivity contribution in [3.05, 3.63) is 0 Å². The standard InChI is InChI=1S/C20H44O2Si/c1-5-7-9-11-12-13-14-15-17-19-20(23(21-3)22-4)18-16-10-8-6-2/h20,23H,5-19H2,1-4H3. The average Bonchev–Trinajstić information content (AvgIpc) is 2.57. The summed E-state index contributed by atoms with van der Waals surface area (Å²) in [7, 11) is 2.25. The fraction of sp³-hybridized carbons (Fsp3) is 1.00. The second-order valence-electron chi connectivity index (χ2n) is 7.07. The summed E-state index contributed by atoms with van der Waals surface area (Å²) in [4.78, 5) is 0. The molecule has 1 unspecified atom stereocenters. The second kappa shape index (κ2) is 18.5. The van der Waals surface area contributed by atoms with Crippen LogP contribution in [0.25, 0.3) is 0 Å². The van der Waals surface area contributed by atoms with Crippen LogP contribution in [0, 0.1) is 0 Å². The molecular weight excluding hydrogens is 300 g/mol. The Morgan fingerprint density at radius 2 is 0.913 bits per heavy atom. The van der Waals surface area contributed by atoms with Crippen LogP contribution in [-0.4, -0.2) is 23.5 Å². The molecule has 140 valence electrons. The molecule has 0 aromatic rings. The van der Waals surface area contributed by atoms with Gasteiger partial charge in [-0.1, -0.05) is 97.3 Å². The Morgan fingerprint density at radius 3 is 1.30 bits per heavy atom. The van der Waals surface area contributed by atoms with E-state index < -0.39 is 9.28 Å². The maximum Gasteiger partial charge on any atom is 0.324 e. The van der Waals surface area contributed by atoms with E-state index in [1.54, 1.807) is 0 Å². The number of hydrogen-bond acceptors (Lipinski definition) is 2. The molecule has 0 saturated heterocycles. The summed E-state index contributed by atoms with van der Waals surface area (Å²) in [5.74, 6) is 0. The van der Waals surface area contributed by atoms with E-state index in [0.29, 0.717) is 5.54 Å². The van der Waals surface area contributed by atoms with Crippen molar-refractivity contribution in [2.45, 2.75) is 116 Å². The van der Waals surface area contributed by atoms with Crippen LogP contribution >= 0.6 is 0 Å². The first kappa shape index (κ1) is 23.1. The lowest BCUT2D eigenvalue weighted by molar-refractivity contribution is 0.257. The minimum atomic E-state index is -1.44. The molecule has 0 saturated carbocycles. The van der Waals surface area contributed by atoms with Gasteiger partial charge in [0.25, 0.3) is 0 Å². The molecule has 0 spiro atoms. The molecule has 0 bridgehead atoms. The van der Waals surface area contributed by atoms with Gasteiger partial charge in [-0.05, 0) is 18.4 Å². The van der Waals surface area contributed by atoms with Gasteiger partial charge >= 0.3 is 9.28 Å². The van der Waals surface area contributed by atoms with E-state index in [1.807, 2.05) is 14.2 Å². The van der Waals surface area contributed by atoms with Crippen molar-refractivity contribution in [3.8, 4) is 0 Å². The first-order valence-electron chi connectivity index (χ1n) is 10.4. The molecule has 3 heteroatoms. The van der Waals surface area contributed by atoms with Crippen LogP contribution < -0.4 is 0 Å². The number of hydrogen-bond donors (Lipinski definition) is 0. The van der Waals surface area contributed by atoms with Crippen molar-refractivity contribution in [1.29, 1.82) is 0 Å². The fourth-order valence-electron chi connectivity index (χ4n) is 3.45. The molecule has 0 aromatic carbocycles. The smallest absolute Gasteiger partial charge is 0.324 e. The lowest BCUT2D eigenvalue weighted by atomic mass is 10.0. The van der Waals surface area contributed by atoms with Crippen molar-refractivity contribution < 1.29 is 8.85 Å². The average molecular weight is 345 g/mol. The van der Waals surface area contributed by atoms with Gasteiger partial charge in [0.05, 0.1) is 0 Å². The van der Waals surface area contributed by atoms with E-state index in [4.69, 9.17) is 8.85 Å². The maximum atomic E-state index is 5.67. The summed E-state index contributed by atoms with van der Waals surface area (Å²) in [6.07, 6.45) is 20.7. The van der Waals surface area contributed by atoms with Crippen LogP contribution in [0.5, 0.6) is 0 Å². The molecule has 0 aliphatic rings. The molecule has 1 atom stereocenters. The monoisotopic (exact) mass is 344 g/mol. The Bertz CT molecular complexity index is 220.